The molecule has 0 saturated heterocycles. The first-order valence-corrected chi connectivity index (χ1v) is 5.69. The van der Waals surface area contributed by atoms with Crippen molar-refractivity contribution in [3.63, 3.8) is 0 Å². The first-order valence-electron chi connectivity index (χ1n) is 0.730. The van der Waals surface area contributed by atoms with Crippen LogP contribution in [0.3, 0.4) is 0 Å². The summed E-state index contributed by atoms with van der Waals surface area (Å²) >= 11 is -5.04. The molecule has 0 heterocycles. The van der Waals surface area contributed by atoms with Gasteiger partial charge >= 0.3 is 124 Å². The molecule has 0 aliphatic rings. The Morgan fingerprint density at radius 3 is 0.533 bits per heavy atom. The molecule has 0 aliphatic carbocycles. The molecule has 0 spiro atoms. The molecule has 0 atom stereocenters. The van der Waals surface area contributed by atoms with Gasteiger partial charge in [-0.3, -0.25) is 0 Å². The Labute approximate surface area is 160 Å². The van der Waals surface area contributed by atoms with Crippen molar-refractivity contribution in [1.82, 2.24) is 0 Å². The van der Waals surface area contributed by atoms with Crippen molar-refractivity contribution in [3.05, 3.63) is 0 Å². The molecule has 0 rings (SSSR count). The van der Waals surface area contributed by atoms with Crippen molar-refractivity contribution in [2.24, 2.45) is 0 Å². The van der Waals surface area contributed by atoms with E-state index in [1.807, 2.05) is 0 Å². The molecule has 14 N–H and O–H groups in total. The van der Waals surface area contributed by atoms with Crippen LogP contribution in [0.5, 0.6) is 0 Å². The molecular formula is H14AsNa3O10S. The Morgan fingerprint density at radius 2 is 0.533 bits per heavy atom. The average molecular weight is 350 g/mol. The van der Waals surface area contributed by atoms with Crippen molar-refractivity contribution >= 4 is 23.3 Å². The Hall–Kier alpha value is 3.38. The van der Waals surface area contributed by atoms with Gasteiger partial charge in [0.05, 0.1) is 0 Å². The second-order valence-electron chi connectivity index (χ2n) is 0.447. The SMILES string of the molecule is O.O.O.O.O.O.O.[Na+].[Na+].[Na+].[O-][As]([O-])([O-])=S. The standard InChI is InChI=1S/AsH3O3S.3Na.7H2O/c2-1(3,4)5;;;;;;;;;;/h(H3,2,3,4,5);;;;7*1H2/q;3*+1;;;;;;;/p-3. The molecule has 10 nitrogen and oxygen atoms in total. The molecule has 0 bridgehead atoms. The van der Waals surface area contributed by atoms with Gasteiger partial charge in [0.1, 0.15) is 0 Å². The summed E-state index contributed by atoms with van der Waals surface area (Å²) in [5, 5.41) is 0. The van der Waals surface area contributed by atoms with E-state index in [9.17, 15) is 0 Å². The van der Waals surface area contributed by atoms with Crippen LogP contribution in [0.1, 0.15) is 0 Å². The molecule has 0 saturated carbocycles. The molecule has 0 aromatic carbocycles. The van der Waals surface area contributed by atoms with Gasteiger partial charge in [0.2, 0.25) is 0 Å². The molecule has 15 heavy (non-hydrogen) atoms. The maximum absolute atomic E-state index is 8.98. The van der Waals surface area contributed by atoms with Crippen LogP contribution < -0.4 is 101 Å². The second-order valence-corrected chi connectivity index (χ2v) is 4.65. The summed E-state index contributed by atoms with van der Waals surface area (Å²) < 4.78 is 26.9. The van der Waals surface area contributed by atoms with E-state index < -0.39 is 12.9 Å². The summed E-state index contributed by atoms with van der Waals surface area (Å²) in [5.41, 5.74) is 0. The Bertz CT molecular complexity index is 66.8. The molecule has 15 heteroatoms. The third-order valence-electron chi connectivity index (χ3n) is 0. The van der Waals surface area contributed by atoms with Gasteiger partial charge in [-0.05, 0) is 0 Å². The fourth-order valence-corrected chi connectivity index (χ4v) is 0. The van der Waals surface area contributed by atoms with Crippen molar-refractivity contribution < 1.29 is 139 Å². The first kappa shape index (κ1) is 102. The fraction of sp³-hybridized carbons (Fsp3) is 0. The van der Waals surface area contributed by atoms with Gasteiger partial charge in [0, 0.05) is 0 Å². The summed E-state index contributed by atoms with van der Waals surface area (Å²) in [4.78, 5) is 0. The summed E-state index contributed by atoms with van der Waals surface area (Å²) in [6.45, 7) is 0. The molecule has 88 valence electrons. The van der Waals surface area contributed by atoms with Gasteiger partial charge in [-0.25, -0.2) is 0 Å². The van der Waals surface area contributed by atoms with Crippen LogP contribution in [0.2, 0.25) is 0 Å². The van der Waals surface area contributed by atoms with Crippen molar-refractivity contribution in [3.8, 4) is 0 Å². The van der Waals surface area contributed by atoms with Crippen molar-refractivity contribution in [2.75, 3.05) is 0 Å². The first-order chi connectivity index (χ1) is 2.00. The Morgan fingerprint density at radius 1 is 0.533 bits per heavy atom. The summed E-state index contributed by atoms with van der Waals surface area (Å²) in [6, 6.07) is 0. The Kier molecular flexibility index (Phi) is 360. The van der Waals surface area contributed by atoms with Gasteiger partial charge in [0.15, 0.2) is 0 Å². The Balaban J connectivity index is -0.00000000178. The van der Waals surface area contributed by atoms with Crippen molar-refractivity contribution in [1.29, 1.82) is 0 Å². The maximum atomic E-state index is 8.98. The van der Waals surface area contributed by atoms with Crippen molar-refractivity contribution in [2.45, 2.75) is 0 Å². The van der Waals surface area contributed by atoms with Crippen LogP contribution in [0.25, 0.3) is 0 Å². The predicted molar refractivity (Wildman–Crippen MR) is 38.6 cm³/mol. The molecule has 0 amide bonds. The minimum atomic E-state index is -5.04. The zero-order valence-corrected chi connectivity index (χ0v) is 17.3. The third-order valence-corrected chi connectivity index (χ3v) is 0. The second kappa shape index (κ2) is 53.0. The van der Waals surface area contributed by atoms with Crippen LogP contribution >= 0.6 is 10.4 Å². The van der Waals surface area contributed by atoms with Gasteiger partial charge < -0.3 is 38.3 Å². The van der Waals surface area contributed by atoms with E-state index in [2.05, 4.69) is 10.4 Å². The van der Waals surface area contributed by atoms with Gasteiger partial charge in [-0.1, -0.05) is 0 Å². The van der Waals surface area contributed by atoms with Crippen LogP contribution in [0.4, 0.5) is 0 Å². The molecule has 0 aliphatic heterocycles. The molecule has 0 aromatic rings. The van der Waals surface area contributed by atoms with Crippen LogP contribution in [0, 0.1) is 0 Å². The summed E-state index contributed by atoms with van der Waals surface area (Å²) in [7, 11) is 3.33. The van der Waals surface area contributed by atoms with Gasteiger partial charge in [-0.15, -0.1) is 0 Å². The van der Waals surface area contributed by atoms with E-state index in [1.54, 1.807) is 0 Å². The molecule has 0 aromatic heterocycles. The number of hydrogen-bond acceptors (Lipinski definition) is 4. The molecule has 0 fully saturated rings. The monoisotopic (exact) mass is 350 g/mol. The third kappa shape index (κ3) is 360. The number of rotatable bonds is 0. The van der Waals surface area contributed by atoms with E-state index in [-0.39, 0.29) is 127 Å². The summed E-state index contributed by atoms with van der Waals surface area (Å²) in [6.07, 6.45) is 0. The number of hydrogen-bond donors (Lipinski definition) is 0. The van der Waals surface area contributed by atoms with E-state index in [0.717, 1.165) is 0 Å². The normalized spacial score (nSPS) is 3.93. The zero-order chi connectivity index (χ0) is 4.50. The van der Waals surface area contributed by atoms with E-state index in [4.69, 9.17) is 12.3 Å². The fourth-order valence-electron chi connectivity index (χ4n) is 0. The predicted octanol–water partition coefficient (Wildman–Crippen LogP) is -18.1. The molecular weight excluding hydrogens is 336 g/mol. The zero-order valence-electron chi connectivity index (χ0n) is 8.58. The molecule has 0 unspecified atom stereocenters. The molecule has 0 radical (unpaired) electrons. The van der Waals surface area contributed by atoms with E-state index in [0.29, 0.717) is 0 Å². The van der Waals surface area contributed by atoms with Gasteiger partial charge in [0.25, 0.3) is 0 Å². The van der Waals surface area contributed by atoms with Crippen LogP contribution in [-0.4, -0.2) is 51.2 Å². The quantitative estimate of drug-likeness (QED) is 0.384. The van der Waals surface area contributed by atoms with Gasteiger partial charge in [-0.2, -0.15) is 0 Å². The van der Waals surface area contributed by atoms with Crippen LogP contribution in [-0.2, 0) is 0 Å². The topological polar surface area (TPSA) is 290 Å². The van der Waals surface area contributed by atoms with E-state index in [1.165, 1.54) is 0 Å². The summed E-state index contributed by atoms with van der Waals surface area (Å²) in [5.74, 6) is 0. The minimum absolute atomic E-state index is 0. The average Bonchev–Trinajstić information content (AvgIpc) is 0.722. The van der Waals surface area contributed by atoms with E-state index >= 15 is 0 Å². The van der Waals surface area contributed by atoms with Crippen LogP contribution in [0.15, 0.2) is 0 Å².